The first-order valence-electron chi connectivity index (χ1n) is 8.64. The Labute approximate surface area is 156 Å². The number of hydrogen-bond donors (Lipinski definition) is 0. The van der Waals surface area contributed by atoms with Crippen molar-refractivity contribution in [2.45, 2.75) is 5.79 Å². The van der Waals surface area contributed by atoms with Crippen molar-refractivity contribution < 1.29 is 19.0 Å². The molecule has 0 N–H and O–H groups in total. The van der Waals surface area contributed by atoms with Crippen LogP contribution < -0.4 is 14.2 Å². The second-order valence-corrected chi connectivity index (χ2v) is 6.35. The van der Waals surface area contributed by atoms with Crippen molar-refractivity contribution in [1.29, 1.82) is 0 Å². The van der Waals surface area contributed by atoms with Crippen molar-refractivity contribution in [1.82, 2.24) is 0 Å². The Hall–Kier alpha value is -3.47. The van der Waals surface area contributed by atoms with Crippen molar-refractivity contribution in [3.8, 4) is 17.2 Å². The Morgan fingerprint density at radius 2 is 1.70 bits per heavy atom. The molecule has 0 amide bonds. The first-order chi connectivity index (χ1) is 13.3. The van der Waals surface area contributed by atoms with E-state index >= 15 is 0 Å². The molecule has 0 fully saturated rings. The van der Waals surface area contributed by atoms with E-state index in [4.69, 9.17) is 19.0 Å². The van der Waals surface area contributed by atoms with Crippen LogP contribution in [-0.4, -0.2) is 19.9 Å². The van der Waals surface area contributed by atoms with Crippen molar-refractivity contribution in [2.24, 2.45) is 5.16 Å². The van der Waals surface area contributed by atoms with Crippen molar-refractivity contribution in [3.05, 3.63) is 77.9 Å². The highest BCUT2D eigenvalue weighted by Gasteiger charge is 2.43. The highest BCUT2D eigenvalue weighted by atomic mass is 16.7. The number of methoxy groups -OCH3 is 1. The van der Waals surface area contributed by atoms with Gasteiger partial charge in [0.1, 0.15) is 30.1 Å². The first kappa shape index (κ1) is 15.8. The number of nitrogens with zero attached hydrogens (tertiary/aromatic N) is 1. The number of allylic oxidation sites excluding steroid dienone is 1. The predicted octanol–water partition coefficient (Wildman–Crippen LogP) is 4.39. The maximum atomic E-state index is 6.42. The summed E-state index contributed by atoms with van der Waals surface area (Å²) in [6, 6.07) is 17.6. The molecule has 5 nitrogen and oxygen atoms in total. The van der Waals surface area contributed by atoms with Crippen molar-refractivity contribution in [2.75, 3.05) is 14.2 Å². The number of hydrogen-bond acceptors (Lipinski definition) is 5. The topological polar surface area (TPSA) is 49.3 Å². The average Bonchev–Trinajstić information content (AvgIpc) is 2.71. The third-order valence-corrected chi connectivity index (χ3v) is 4.90. The molecule has 27 heavy (non-hydrogen) atoms. The van der Waals surface area contributed by atoms with Gasteiger partial charge in [-0.1, -0.05) is 41.6 Å². The van der Waals surface area contributed by atoms with Gasteiger partial charge in [-0.3, -0.25) is 0 Å². The lowest BCUT2D eigenvalue weighted by molar-refractivity contribution is -0.0833. The zero-order valence-electron chi connectivity index (χ0n) is 14.9. The molecule has 0 saturated heterocycles. The summed E-state index contributed by atoms with van der Waals surface area (Å²) in [4.78, 5) is 4.98. The van der Waals surface area contributed by atoms with E-state index in [2.05, 4.69) is 5.16 Å². The number of benzene rings is 3. The standard InChI is InChI=1S/C22H17NO4/c1-24-18-10-11-20-21-15(18)7-5-9-19(21)26-22(27-20)13-12-17(23-25-2)14-6-3-4-8-16(14)22/h3-13H,1-2H3/b23-17+. The lowest BCUT2D eigenvalue weighted by Gasteiger charge is -2.39. The third kappa shape index (κ3) is 2.21. The molecule has 1 aliphatic heterocycles. The van der Waals surface area contributed by atoms with E-state index in [9.17, 15) is 0 Å². The molecule has 2 aliphatic rings. The van der Waals surface area contributed by atoms with E-state index in [1.807, 2.05) is 66.7 Å². The highest BCUT2D eigenvalue weighted by Crippen LogP contribution is 2.49. The maximum absolute atomic E-state index is 6.42. The Morgan fingerprint density at radius 3 is 2.52 bits per heavy atom. The molecule has 3 aromatic carbocycles. The molecule has 1 heterocycles. The van der Waals surface area contributed by atoms with E-state index < -0.39 is 5.79 Å². The van der Waals surface area contributed by atoms with Crippen LogP contribution in [-0.2, 0) is 10.6 Å². The number of ether oxygens (including phenoxy) is 3. The van der Waals surface area contributed by atoms with E-state index in [0.717, 1.165) is 44.9 Å². The van der Waals surface area contributed by atoms with Gasteiger partial charge >= 0.3 is 0 Å². The van der Waals surface area contributed by atoms with E-state index in [1.54, 1.807) is 7.11 Å². The van der Waals surface area contributed by atoms with Crippen LogP contribution in [0.2, 0.25) is 0 Å². The second-order valence-electron chi connectivity index (χ2n) is 6.35. The van der Waals surface area contributed by atoms with E-state index in [-0.39, 0.29) is 0 Å². The van der Waals surface area contributed by atoms with Gasteiger partial charge in [0, 0.05) is 22.6 Å². The number of fused-ring (bicyclic) bond motifs is 2. The summed E-state index contributed by atoms with van der Waals surface area (Å²) in [7, 11) is 3.19. The van der Waals surface area contributed by atoms with Crippen molar-refractivity contribution >= 4 is 16.5 Å². The van der Waals surface area contributed by atoms with Crippen LogP contribution in [0.15, 0.2) is 71.9 Å². The van der Waals surface area contributed by atoms with Gasteiger partial charge in [-0.2, -0.15) is 0 Å². The van der Waals surface area contributed by atoms with Crippen LogP contribution in [0.5, 0.6) is 17.2 Å². The van der Waals surface area contributed by atoms with E-state index in [0.29, 0.717) is 0 Å². The fourth-order valence-electron chi connectivity index (χ4n) is 3.75. The Kier molecular flexibility index (Phi) is 3.37. The van der Waals surface area contributed by atoms with Crippen molar-refractivity contribution in [3.63, 3.8) is 0 Å². The molecule has 0 aromatic heterocycles. The molecule has 5 rings (SSSR count). The highest BCUT2D eigenvalue weighted by molar-refractivity contribution is 6.11. The fourth-order valence-corrected chi connectivity index (χ4v) is 3.75. The SMILES string of the molecule is CO/N=C1\C=CC2(Oc3cccc4c(OC)ccc(c34)O2)c2ccccc21. The summed E-state index contributed by atoms with van der Waals surface area (Å²) in [5.74, 6) is 1.23. The molecule has 5 heteroatoms. The molecule has 1 spiro atoms. The lowest BCUT2D eigenvalue weighted by Crippen LogP contribution is -2.42. The summed E-state index contributed by atoms with van der Waals surface area (Å²) in [6.45, 7) is 0. The second kappa shape index (κ2) is 5.77. The van der Waals surface area contributed by atoms with Gasteiger partial charge in [0.05, 0.1) is 12.5 Å². The average molecular weight is 359 g/mol. The van der Waals surface area contributed by atoms with Gasteiger partial charge in [0.2, 0.25) is 0 Å². The minimum absolute atomic E-state index is 0.727. The minimum atomic E-state index is -1.06. The molecule has 0 bridgehead atoms. The maximum Gasteiger partial charge on any atom is 0.299 e. The smallest absolute Gasteiger partial charge is 0.299 e. The van der Waals surface area contributed by atoms with E-state index in [1.165, 1.54) is 7.11 Å². The van der Waals surface area contributed by atoms with Crippen LogP contribution >= 0.6 is 0 Å². The number of oxime groups is 1. The first-order valence-corrected chi connectivity index (χ1v) is 8.64. The molecule has 1 aliphatic carbocycles. The summed E-state index contributed by atoms with van der Waals surface area (Å²) in [5, 5.41) is 5.97. The predicted molar refractivity (Wildman–Crippen MR) is 103 cm³/mol. The van der Waals surface area contributed by atoms with Gasteiger partial charge < -0.3 is 19.0 Å². The molecule has 1 atom stereocenters. The lowest BCUT2D eigenvalue weighted by atomic mass is 9.89. The molecule has 0 saturated carbocycles. The summed E-state index contributed by atoms with van der Waals surface area (Å²) in [6.07, 6.45) is 3.74. The monoisotopic (exact) mass is 359 g/mol. The van der Waals surface area contributed by atoms with Crippen LogP contribution in [0.3, 0.4) is 0 Å². The summed E-state index contributed by atoms with van der Waals surface area (Å²) in [5.41, 5.74) is 2.51. The molecule has 134 valence electrons. The normalized spacial score (nSPS) is 20.9. The Balaban J connectivity index is 1.72. The Bertz CT molecular complexity index is 1100. The van der Waals surface area contributed by atoms with Crippen LogP contribution in [0, 0.1) is 0 Å². The quantitative estimate of drug-likeness (QED) is 0.637. The zero-order chi connectivity index (χ0) is 18.4. The Morgan fingerprint density at radius 1 is 0.889 bits per heavy atom. The van der Waals surface area contributed by atoms with Gasteiger partial charge in [-0.15, -0.1) is 0 Å². The largest absolute Gasteiger partial charge is 0.496 e. The third-order valence-electron chi connectivity index (χ3n) is 4.90. The summed E-state index contributed by atoms with van der Waals surface area (Å²) >= 11 is 0. The zero-order valence-corrected chi connectivity index (χ0v) is 14.9. The summed E-state index contributed by atoms with van der Waals surface area (Å²) < 4.78 is 18.3. The molecule has 0 radical (unpaired) electrons. The van der Waals surface area contributed by atoms with Crippen LogP contribution in [0.25, 0.3) is 10.8 Å². The molecule has 1 unspecified atom stereocenters. The van der Waals surface area contributed by atoms with Gasteiger partial charge in [-0.05, 0) is 24.3 Å². The van der Waals surface area contributed by atoms with Crippen LogP contribution in [0.1, 0.15) is 11.1 Å². The van der Waals surface area contributed by atoms with Crippen LogP contribution in [0.4, 0.5) is 0 Å². The minimum Gasteiger partial charge on any atom is -0.496 e. The van der Waals surface area contributed by atoms with Gasteiger partial charge in [0.15, 0.2) is 0 Å². The molecular weight excluding hydrogens is 342 g/mol. The molecule has 3 aromatic rings. The fraction of sp³-hybridized carbons (Fsp3) is 0.136. The van der Waals surface area contributed by atoms with Gasteiger partial charge in [-0.25, -0.2) is 0 Å². The number of rotatable bonds is 2. The van der Waals surface area contributed by atoms with Gasteiger partial charge in [0.25, 0.3) is 5.79 Å². The molecular formula is C22H17NO4.